The second kappa shape index (κ2) is 2.76. The number of benzene rings is 1. The number of hydrogen-bond donors (Lipinski definition) is 0. The number of ether oxygens (including phenoxy) is 1. The lowest BCUT2D eigenvalue weighted by atomic mass is 10.2. The molecule has 0 fully saturated rings. The zero-order chi connectivity index (χ0) is 9.42. The van der Waals surface area contributed by atoms with Crippen LogP contribution in [0.15, 0.2) is 18.2 Å². The molecule has 0 saturated heterocycles. The summed E-state index contributed by atoms with van der Waals surface area (Å²) in [7, 11) is 3.60. The van der Waals surface area contributed by atoms with Crippen molar-refractivity contribution in [1.29, 1.82) is 0 Å². The van der Waals surface area contributed by atoms with Crippen LogP contribution in [0.2, 0.25) is 0 Å². The Balaban J connectivity index is 2.84. The smallest absolute Gasteiger partial charge is 0.146 e. The second-order valence-electron chi connectivity index (χ2n) is 3.07. The van der Waals surface area contributed by atoms with Gasteiger partial charge in [0.1, 0.15) is 11.3 Å². The molecule has 0 aliphatic rings. The molecule has 3 heteroatoms. The van der Waals surface area contributed by atoms with E-state index in [9.17, 15) is 0 Å². The molecule has 0 atom stereocenters. The molecule has 3 nitrogen and oxygen atoms in total. The first-order valence-electron chi connectivity index (χ1n) is 4.20. The summed E-state index contributed by atoms with van der Waals surface area (Å²) in [5.74, 6) is 0.834. The standard InChI is InChI=1S/C10H12N2O/c1-7-8-5-4-6-9(13-3)10(8)11-12(7)2/h4-6H,1-3H3. The fraction of sp³-hybridized carbons (Fsp3) is 0.300. The van der Waals surface area contributed by atoms with E-state index in [2.05, 4.69) is 18.1 Å². The Hall–Kier alpha value is -1.51. The highest BCUT2D eigenvalue weighted by atomic mass is 16.5. The van der Waals surface area contributed by atoms with Gasteiger partial charge in [-0.3, -0.25) is 4.68 Å². The predicted octanol–water partition coefficient (Wildman–Crippen LogP) is 1.89. The molecule has 0 amide bonds. The minimum atomic E-state index is 0.834. The van der Waals surface area contributed by atoms with Crippen molar-refractivity contribution in [2.75, 3.05) is 7.11 Å². The Morgan fingerprint density at radius 1 is 1.38 bits per heavy atom. The number of aromatic nitrogens is 2. The van der Waals surface area contributed by atoms with Gasteiger partial charge < -0.3 is 4.74 Å². The molecule has 2 rings (SSSR count). The average Bonchev–Trinajstić information content (AvgIpc) is 2.43. The van der Waals surface area contributed by atoms with Crippen LogP contribution in [0.4, 0.5) is 0 Å². The van der Waals surface area contributed by atoms with Crippen molar-refractivity contribution >= 4 is 10.9 Å². The molecule has 1 aromatic heterocycles. The summed E-state index contributed by atoms with van der Waals surface area (Å²) < 4.78 is 7.09. The van der Waals surface area contributed by atoms with Gasteiger partial charge in [0.2, 0.25) is 0 Å². The number of methoxy groups -OCH3 is 1. The Bertz CT molecular complexity index is 445. The van der Waals surface area contributed by atoms with Gasteiger partial charge >= 0.3 is 0 Å². The summed E-state index contributed by atoms with van der Waals surface area (Å²) in [4.78, 5) is 0. The Morgan fingerprint density at radius 2 is 2.15 bits per heavy atom. The molecule has 0 unspecified atom stereocenters. The van der Waals surface area contributed by atoms with Crippen LogP contribution < -0.4 is 4.74 Å². The molecule has 0 aliphatic heterocycles. The van der Waals surface area contributed by atoms with Gasteiger partial charge in [0.25, 0.3) is 0 Å². The summed E-state index contributed by atoms with van der Waals surface area (Å²) in [6.07, 6.45) is 0. The van der Waals surface area contributed by atoms with E-state index in [0.717, 1.165) is 22.3 Å². The maximum absolute atomic E-state index is 5.22. The van der Waals surface area contributed by atoms with E-state index in [4.69, 9.17) is 4.74 Å². The average molecular weight is 176 g/mol. The highest BCUT2D eigenvalue weighted by molar-refractivity contribution is 5.86. The highest BCUT2D eigenvalue weighted by Crippen LogP contribution is 2.25. The van der Waals surface area contributed by atoms with E-state index in [0.29, 0.717) is 0 Å². The van der Waals surface area contributed by atoms with Crippen LogP contribution >= 0.6 is 0 Å². The van der Waals surface area contributed by atoms with Crippen molar-refractivity contribution < 1.29 is 4.74 Å². The minimum Gasteiger partial charge on any atom is -0.494 e. The van der Waals surface area contributed by atoms with E-state index in [1.807, 2.05) is 23.9 Å². The molecule has 0 bridgehead atoms. The van der Waals surface area contributed by atoms with Crippen LogP contribution in [-0.4, -0.2) is 16.9 Å². The van der Waals surface area contributed by atoms with Crippen LogP contribution in [0.3, 0.4) is 0 Å². The fourth-order valence-corrected chi connectivity index (χ4v) is 1.48. The molecule has 13 heavy (non-hydrogen) atoms. The molecule has 0 aliphatic carbocycles. The molecule has 68 valence electrons. The summed E-state index contributed by atoms with van der Waals surface area (Å²) in [5, 5.41) is 5.53. The molecule has 2 aromatic rings. The largest absolute Gasteiger partial charge is 0.494 e. The molecular weight excluding hydrogens is 164 g/mol. The van der Waals surface area contributed by atoms with Crippen molar-refractivity contribution in [2.24, 2.45) is 7.05 Å². The third kappa shape index (κ3) is 1.08. The molecule has 0 N–H and O–H groups in total. The van der Waals surface area contributed by atoms with Gasteiger partial charge in [0.05, 0.1) is 7.11 Å². The van der Waals surface area contributed by atoms with Crippen molar-refractivity contribution in [3.8, 4) is 5.75 Å². The lowest BCUT2D eigenvalue weighted by Gasteiger charge is -1.98. The number of hydrogen-bond acceptors (Lipinski definition) is 2. The van der Waals surface area contributed by atoms with E-state index in [1.165, 1.54) is 0 Å². The van der Waals surface area contributed by atoms with E-state index < -0.39 is 0 Å². The fourth-order valence-electron chi connectivity index (χ4n) is 1.48. The van der Waals surface area contributed by atoms with Crippen molar-refractivity contribution in [3.63, 3.8) is 0 Å². The monoisotopic (exact) mass is 176 g/mol. The van der Waals surface area contributed by atoms with Crippen molar-refractivity contribution in [1.82, 2.24) is 9.78 Å². The second-order valence-corrected chi connectivity index (χ2v) is 3.07. The quantitative estimate of drug-likeness (QED) is 0.663. The van der Waals surface area contributed by atoms with Gasteiger partial charge in [-0.1, -0.05) is 12.1 Å². The lowest BCUT2D eigenvalue weighted by Crippen LogP contribution is -1.91. The molecule has 1 aromatic carbocycles. The SMILES string of the molecule is COc1cccc2c(C)n(C)nc12. The summed E-state index contributed by atoms with van der Waals surface area (Å²) in [6, 6.07) is 5.96. The first-order valence-corrected chi connectivity index (χ1v) is 4.20. The predicted molar refractivity (Wildman–Crippen MR) is 52.0 cm³/mol. The van der Waals surface area contributed by atoms with Gasteiger partial charge in [0.15, 0.2) is 0 Å². The number of nitrogens with zero attached hydrogens (tertiary/aromatic N) is 2. The highest BCUT2D eigenvalue weighted by Gasteiger charge is 2.07. The van der Waals surface area contributed by atoms with Crippen molar-refractivity contribution in [2.45, 2.75) is 6.92 Å². The minimum absolute atomic E-state index is 0.834. The topological polar surface area (TPSA) is 27.1 Å². The van der Waals surface area contributed by atoms with Gasteiger partial charge in [0, 0.05) is 18.1 Å². The summed E-state index contributed by atoms with van der Waals surface area (Å²) >= 11 is 0. The maximum Gasteiger partial charge on any atom is 0.146 e. The Labute approximate surface area is 76.9 Å². The van der Waals surface area contributed by atoms with Gasteiger partial charge in [-0.2, -0.15) is 5.10 Å². The van der Waals surface area contributed by atoms with Crippen LogP contribution in [0.25, 0.3) is 10.9 Å². The summed E-state index contributed by atoms with van der Waals surface area (Å²) in [5.41, 5.74) is 2.10. The normalized spacial score (nSPS) is 10.7. The van der Waals surface area contributed by atoms with E-state index in [1.54, 1.807) is 7.11 Å². The van der Waals surface area contributed by atoms with Crippen LogP contribution in [0, 0.1) is 6.92 Å². The van der Waals surface area contributed by atoms with Crippen LogP contribution in [-0.2, 0) is 7.05 Å². The molecule has 0 saturated carbocycles. The maximum atomic E-state index is 5.22. The summed E-state index contributed by atoms with van der Waals surface area (Å²) in [6.45, 7) is 2.05. The first kappa shape index (κ1) is 8.10. The molecule has 1 heterocycles. The zero-order valence-corrected chi connectivity index (χ0v) is 8.03. The first-order chi connectivity index (χ1) is 6.24. The van der Waals surface area contributed by atoms with E-state index in [-0.39, 0.29) is 0 Å². The van der Waals surface area contributed by atoms with E-state index >= 15 is 0 Å². The van der Waals surface area contributed by atoms with Gasteiger partial charge in [-0.15, -0.1) is 0 Å². The van der Waals surface area contributed by atoms with Crippen LogP contribution in [0.1, 0.15) is 5.69 Å². The lowest BCUT2D eigenvalue weighted by molar-refractivity contribution is 0.418. The van der Waals surface area contributed by atoms with Gasteiger partial charge in [-0.05, 0) is 13.0 Å². The molecular formula is C10H12N2O. The van der Waals surface area contributed by atoms with Gasteiger partial charge in [-0.25, -0.2) is 0 Å². The number of fused-ring (bicyclic) bond motifs is 1. The number of rotatable bonds is 1. The molecule has 0 spiro atoms. The van der Waals surface area contributed by atoms with Crippen molar-refractivity contribution in [3.05, 3.63) is 23.9 Å². The Kier molecular flexibility index (Phi) is 1.72. The zero-order valence-electron chi connectivity index (χ0n) is 8.03. The Morgan fingerprint density at radius 3 is 2.85 bits per heavy atom. The third-order valence-electron chi connectivity index (χ3n) is 2.34. The third-order valence-corrected chi connectivity index (χ3v) is 2.34. The molecule has 0 radical (unpaired) electrons. The number of aryl methyl sites for hydroxylation is 2. The van der Waals surface area contributed by atoms with Crippen LogP contribution in [0.5, 0.6) is 5.75 Å².